The summed E-state index contributed by atoms with van der Waals surface area (Å²) in [6.45, 7) is 0. The standard InChI is InChI=1S/C16H6Br2F6O/c17-7-1-3-11(9(5-7)13(19)15(21)22)25-12-4-2-8(18)6-10(12)14(20)16(23)24/h1-6H. The van der Waals surface area contributed by atoms with Gasteiger partial charge in [0.15, 0.2) is 11.7 Å². The molecule has 0 aliphatic carbocycles. The van der Waals surface area contributed by atoms with Crippen LogP contribution >= 0.6 is 31.9 Å². The SMILES string of the molecule is FC(F)=C(F)c1cc(Br)ccc1Oc1ccc(Br)cc1C(F)=C(F)F. The number of halogens is 8. The second kappa shape index (κ2) is 8.09. The summed E-state index contributed by atoms with van der Waals surface area (Å²) in [4.78, 5) is 0. The van der Waals surface area contributed by atoms with E-state index >= 15 is 0 Å². The van der Waals surface area contributed by atoms with Gasteiger partial charge in [-0.05, 0) is 36.4 Å². The number of hydrogen-bond donors (Lipinski definition) is 0. The van der Waals surface area contributed by atoms with Gasteiger partial charge in [0.25, 0.3) is 0 Å². The Bertz CT molecular complexity index is 799. The van der Waals surface area contributed by atoms with E-state index in [0.717, 1.165) is 24.3 Å². The maximum absolute atomic E-state index is 13.7. The van der Waals surface area contributed by atoms with Crippen molar-refractivity contribution in [3.8, 4) is 11.5 Å². The molecule has 0 radical (unpaired) electrons. The van der Waals surface area contributed by atoms with Crippen molar-refractivity contribution >= 4 is 43.5 Å². The molecule has 0 N–H and O–H groups in total. The Labute approximate surface area is 154 Å². The Morgan fingerprint density at radius 2 is 1.00 bits per heavy atom. The van der Waals surface area contributed by atoms with Gasteiger partial charge in [-0.1, -0.05) is 31.9 Å². The van der Waals surface area contributed by atoms with Crippen molar-refractivity contribution in [2.24, 2.45) is 0 Å². The Morgan fingerprint density at radius 1 is 0.640 bits per heavy atom. The van der Waals surface area contributed by atoms with Gasteiger partial charge in [-0.3, -0.25) is 0 Å². The van der Waals surface area contributed by atoms with Crippen LogP contribution in [0.5, 0.6) is 11.5 Å². The van der Waals surface area contributed by atoms with Gasteiger partial charge in [0.2, 0.25) is 0 Å². The van der Waals surface area contributed by atoms with Gasteiger partial charge in [0, 0.05) is 8.95 Å². The van der Waals surface area contributed by atoms with Crippen molar-refractivity contribution in [1.82, 2.24) is 0 Å². The van der Waals surface area contributed by atoms with Crippen LogP contribution < -0.4 is 4.74 Å². The molecule has 25 heavy (non-hydrogen) atoms. The molecule has 0 fully saturated rings. The number of hydrogen-bond acceptors (Lipinski definition) is 1. The first-order chi connectivity index (χ1) is 11.7. The summed E-state index contributed by atoms with van der Waals surface area (Å²) in [5, 5.41) is 0. The molecule has 2 aromatic carbocycles. The lowest BCUT2D eigenvalue weighted by Crippen LogP contribution is -1.94. The summed E-state index contributed by atoms with van der Waals surface area (Å²) in [6.07, 6.45) is -5.17. The lowest BCUT2D eigenvalue weighted by molar-refractivity contribution is 0.406. The van der Waals surface area contributed by atoms with Crippen LogP contribution in [0.25, 0.3) is 11.7 Å². The van der Waals surface area contributed by atoms with E-state index in [9.17, 15) is 26.3 Å². The van der Waals surface area contributed by atoms with Crippen molar-refractivity contribution in [2.45, 2.75) is 0 Å². The largest absolute Gasteiger partial charge is 0.456 e. The van der Waals surface area contributed by atoms with E-state index < -0.39 is 46.4 Å². The van der Waals surface area contributed by atoms with E-state index in [1.165, 1.54) is 12.1 Å². The second-order valence-corrected chi connectivity index (χ2v) is 6.36. The fraction of sp³-hybridized carbons (Fsp3) is 0. The average Bonchev–Trinajstić information content (AvgIpc) is 2.56. The van der Waals surface area contributed by atoms with E-state index in [0.29, 0.717) is 0 Å². The van der Waals surface area contributed by atoms with E-state index in [1.807, 2.05) is 0 Å². The van der Waals surface area contributed by atoms with Crippen LogP contribution in [0.1, 0.15) is 11.1 Å². The van der Waals surface area contributed by atoms with Crippen LogP contribution in [0, 0.1) is 0 Å². The summed E-state index contributed by atoms with van der Waals surface area (Å²) in [5.74, 6) is -4.49. The molecule has 0 saturated carbocycles. The molecular formula is C16H6Br2F6O. The number of benzene rings is 2. The predicted molar refractivity (Wildman–Crippen MR) is 88.8 cm³/mol. The summed E-state index contributed by atoms with van der Waals surface area (Å²) in [7, 11) is 0. The maximum Gasteiger partial charge on any atom is 0.306 e. The molecule has 1 nitrogen and oxygen atoms in total. The topological polar surface area (TPSA) is 9.23 Å². The monoisotopic (exact) mass is 486 g/mol. The molecule has 0 bridgehead atoms. The van der Waals surface area contributed by atoms with Crippen LogP contribution in [-0.4, -0.2) is 0 Å². The van der Waals surface area contributed by atoms with Gasteiger partial charge < -0.3 is 4.74 Å². The zero-order valence-corrected chi connectivity index (χ0v) is 15.1. The van der Waals surface area contributed by atoms with Gasteiger partial charge in [-0.25, -0.2) is 8.78 Å². The smallest absolute Gasteiger partial charge is 0.306 e. The lowest BCUT2D eigenvalue weighted by Gasteiger charge is -2.13. The molecule has 9 heteroatoms. The first kappa shape index (κ1) is 19.6. The van der Waals surface area contributed by atoms with E-state index in [2.05, 4.69) is 31.9 Å². The third-order valence-corrected chi connectivity index (χ3v) is 3.89. The van der Waals surface area contributed by atoms with Crippen LogP contribution in [0.2, 0.25) is 0 Å². The molecule has 0 unspecified atom stereocenters. The first-order valence-corrected chi connectivity index (χ1v) is 7.98. The lowest BCUT2D eigenvalue weighted by atomic mass is 10.1. The molecule has 0 aliphatic rings. The fourth-order valence-electron chi connectivity index (χ4n) is 1.85. The highest BCUT2D eigenvalue weighted by Crippen LogP contribution is 2.39. The summed E-state index contributed by atoms with van der Waals surface area (Å²) < 4.78 is 83.5. The number of rotatable bonds is 4. The fourth-order valence-corrected chi connectivity index (χ4v) is 2.57. The minimum Gasteiger partial charge on any atom is -0.456 e. The molecule has 0 atom stereocenters. The third kappa shape index (κ3) is 4.66. The van der Waals surface area contributed by atoms with Gasteiger partial charge >= 0.3 is 12.2 Å². The van der Waals surface area contributed by atoms with Crippen LogP contribution in [0.15, 0.2) is 57.5 Å². The molecular weight excluding hydrogens is 482 g/mol. The van der Waals surface area contributed by atoms with Gasteiger partial charge in [-0.2, -0.15) is 17.6 Å². The highest BCUT2D eigenvalue weighted by atomic mass is 79.9. The van der Waals surface area contributed by atoms with Gasteiger partial charge in [-0.15, -0.1) is 0 Å². The Balaban J connectivity index is 2.59. The first-order valence-electron chi connectivity index (χ1n) is 6.40. The number of ether oxygens (including phenoxy) is 1. The van der Waals surface area contributed by atoms with Gasteiger partial charge in [0.05, 0.1) is 11.1 Å². The third-order valence-electron chi connectivity index (χ3n) is 2.91. The quantitative estimate of drug-likeness (QED) is 0.396. The molecule has 0 heterocycles. The Kier molecular flexibility index (Phi) is 6.34. The molecule has 0 aliphatic heterocycles. The van der Waals surface area contributed by atoms with E-state index in [1.54, 1.807) is 0 Å². The molecule has 2 aromatic rings. The molecule has 132 valence electrons. The molecule has 0 aromatic heterocycles. The zero-order chi connectivity index (χ0) is 18.7. The molecule has 0 saturated heterocycles. The van der Waals surface area contributed by atoms with Crippen LogP contribution in [0.4, 0.5) is 26.3 Å². The van der Waals surface area contributed by atoms with Crippen molar-refractivity contribution in [1.29, 1.82) is 0 Å². The van der Waals surface area contributed by atoms with Crippen molar-refractivity contribution in [3.05, 3.63) is 68.6 Å². The summed E-state index contributed by atoms with van der Waals surface area (Å²) in [6, 6.07) is 7.04. The van der Waals surface area contributed by atoms with Crippen molar-refractivity contribution in [3.63, 3.8) is 0 Å². The minimum atomic E-state index is -2.58. The van der Waals surface area contributed by atoms with Crippen LogP contribution in [0.3, 0.4) is 0 Å². The Hall–Kier alpha value is -1.74. The highest BCUT2D eigenvalue weighted by Gasteiger charge is 2.19. The van der Waals surface area contributed by atoms with Gasteiger partial charge in [0.1, 0.15) is 11.5 Å². The van der Waals surface area contributed by atoms with E-state index in [4.69, 9.17) is 4.74 Å². The normalized spacial score (nSPS) is 10.4. The summed E-state index contributed by atoms with van der Waals surface area (Å²) >= 11 is 6.01. The second-order valence-electron chi connectivity index (χ2n) is 4.53. The zero-order valence-electron chi connectivity index (χ0n) is 11.9. The molecule has 0 amide bonds. The molecule has 0 spiro atoms. The Morgan fingerprint density at radius 3 is 1.32 bits per heavy atom. The molecule has 2 rings (SSSR count). The average molecular weight is 488 g/mol. The maximum atomic E-state index is 13.7. The van der Waals surface area contributed by atoms with E-state index in [-0.39, 0.29) is 8.95 Å². The van der Waals surface area contributed by atoms with Crippen LogP contribution in [-0.2, 0) is 0 Å². The highest BCUT2D eigenvalue weighted by molar-refractivity contribution is 9.10. The summed E-state index contributed by atoms with van der Waals surface area (Å²) in [5.41, 5.74) is -1.23. The predicted octanol–water partition coefficient (Wildman–Crippen LogP) is 8.07. The van der Waals surface area contributed by atoms with Crippen molar-refractivity contribution < 1.29 is 31.1 Å². The minimum absolute atomic E-state index is 0.281. The van der Waals surface area contributed by atoms with Crippen molar-refractivity contribution in [2.75, 3.05) is 0 Å².